The Hall–Kier alpha value is -0.950. The molecule has 0 fully saturated rings. The second kappa shape index (κ2) is 4.71. The van der Waals surface area contributed by atoms with Gasteiger partial charge in [-0.1, -0.05) is 44.5 Å². The zero-order valence-electron chi connectivity index (χ0n) is 9.76. The standard InChI is InChI=1S/C13H18ClN/c1-13(2,3)12(9-15-4)10-5-7-11(14)8-6-10/h5-9,15H,1-4H3/b12-9+. The van der Waals surface area contributed by atoms with Crippen molar-refractivity contribution in [2.45, 2.75) is 20.8 Å². The summed E-state index contributed by atoms with van der Waals surface area (Å²) in [6.07, 6.45) is 2.04. The van der Waals surface area contributed by atoms with Crippen molar-refractivity contribution >= 4 is 17.2 Å². The van der Waals surface area contributed by atoms with Gasteiger partial charge in [-0.15, -0.1) is 0 Å². The third-order valence-corrected chi connectivity index (χ3v) is 2.50. The van der Waals surface area contributed by atoms with Crippen LogP contribution in [-0.2, 0) is 0 Å². The van der Waals surface area contributed by atoms with Gasteiger partial charge in [-0.3, -0.25) is 0 Å². The van der Waals surface area contributed by atoms with Gasteiger partial charge in [-0.05, 0) is 28.7 Å². The molecule has 2 heteroatoms. The van der Waals surface area contributed by atoms with E-state index in [1.807, 2.05) is 25.4 Å². The number of halogens is 1. The molecule has 0 spiro atoms. The highest BCUT2D eigenvalue weighted by Gasteiger charge is 2.18. The Bertz CT molecular complexity index is 344. The summed E-state index contributed by atoms with van der Waals surface area (Å²) >= 11 is 5.87. The van der Waals surface area contributed by atoms with E-state index in [-0.39, 0.29) is 5.41 Å². The molecule has 0 saturated carbocycles. The summed E-state index contributed by atoms with van der Waals surface area (Å²) in [6, 6.07) is 7.95. The highest BCUT2D eigenvalue weighted by Crippen LogP contribution is 2.33. The third-order valence-electron chi connectivity index (χ3n) is 2.25. The van der Waals surface area contributed by atoms with Crippen LogP contribution in [0.2, 0.25) is 5.02 Å². The van der Waals surface area contributed by atoms with Crippen LogP contribution < -0.4 is 5.32 Å². The van der Waals surface area contributed by atoms with Crippen LogP contribution >= 0.6 is 11.6 Å². The normalized spacial score (nSPS) is 12.7. The predicted molar refractivity (Wildman–Crippen MR) is 67.9 cm³/mol. The zero-order chi connectivity index (χ0) is 11.5. The van der Waals surface area contributed by atoms with E-state index in [1.54, 1.807) is 0 Å². The Morgan fingerprint density at radius 2 is 1.73 bits per heavy atom. The lowest BCUT2D eigenvalue weighted by molar-refractivity contribution is 0.564. The van der Waals surface area contributed by atoms with Crippen molar-refractivity contribution in [1.29, 1.82) is 0 Å². The Morgan fingerprint density at radius 1 is 1.20 bits per heavy atom. The number of hydrogen-bond donors (Lipinski definition) is 1. The maximum absolute atomic E-state index is 5.87. The predicted octanol–water partition coefficient (Wildman–Crippen LogP) is 3.95. The first kappa shape index (κ1) is 12.1. The van der Waals surface area contributed by atoms with Crippen molar-refractivity contribution in [2.75, 3.05) is 7.05 Å². The minimum Gasteiger partial charge on any atom is -0.394 e. The van der Waals surface area contributed by atoms with Crippen LogP contribution in [0.4, 0.5) is 0 Å². The molecule has 1 aromatic rings. The summed E-state index contributed by atoms with van der Waals surface area (Å²) in [6.45, 7) is 6.60. The van der Waals surface area contributed by atoms with Crippen molar-refractivity contribution in [3.05, 3.63) is 41.1 Å². The molecule has 0 radical (unpaired) electrons. The molecule has 0 aliphatic carbocycles. The Kier molecular flexibility index (Phi) is 3.81. The Balaban J connectivity index is 3.11. The van der Waals surface area contributed by atoms with Crippen molar-refractivity contribution < 1.29 is 0 Å². The highest BCUT2D eigenvalue weighted by molar-refractivity contribution is 6.30. The SMILES string of the molecule is CN/C=C(\c1ccc(Cl)cc1)C(C)(C)C. The molecule has 0 bridgehead atoms. The summed E-state index contributed by atoms with van der Waals surface area (Å²) in [5.41, 5.74) is 2.61. The Labute approximate surface area is 97.1 Å². The molecule has 0 saturated heterocycles. The average molecular weight is 224 g/mol. The smallest absolute Gasteiger partial charge is 0.0406 e. The van der Waals surface area contributed by atoms with Crippen molar-refractivity contribution in [3.63, 3.8) is 0 Å². The maximum atomic E-state index is 5.87. The fourth-order valence-electron chi connectivity index (χ4n) is 1.51. The molecule has 15 heavy (non-hydrogen) atoms. The number of hydrogen-bond acceptors (Lipinski definition) is 1. The van der Waals surface area contributed by atoms with E-state index in [0.29, 0.717) is 0 Å². The molecule has 0 atom stereocenters. The van der Waals surface area contributed by atoms with Gasteiger partial charge >= 0.3 is 0 Å². The van der Waals surface area contributed by atoms with Crippen LogP contribution in [0.25, 0.3) is 5.57 Å². The molecule has 0 amide bonds. The van der Waals surface area contributed by atoms with Gasteiger partial charge in [0.25, 0.3) is 0 Å². The summed E-state index contributed by atoms with van der Waals surface area (Å²) < 4.78 is 0. The molecule has 0 heterocycles. The molecule has 82 valence electrons. The first-order chi connectivity index (χ1) is 6.95. The monoisotopic (exact) mass is 223 g/mol. The van der Waals surface area contributed by atoms with Crippen LogP contribution in [0.3, 0.4) is 0 Å². The summed E-state index contributed by atoms with van der Waals surface area (Å²) in [4.78, 5) is 0. The summed E-state index contributed by atoms with van der Waals surface area (Å²) in [7, 11) is 1.92. The van der Waals surface area contributed by atoms with Gasteiger partial charge in [0.15, 0.2) is 0 Å². The second-order valence-corrected chi connectivity index (χ2v) is 5.04. The molecular formula is C13H18ClN. The van der Waals surface area contributed by atoms with Crippen LogP contribution in [0, 0.1) is 5.41 Å². The van der Waals surface area contributed by atoms with Crippen LogP contribution in [0.1, 0.15) is 26.3 Å². The van der Waals surface area contributed by atoms with E-state index >= 15 is 0 Å². The molecular weight excluding hydrogens is 206 g/mol. The first-order valence-corrected chi connectivity index (χ1v) is 5.47. The van der Waals surface area contributed by atoms with Gasteiger partial charge in [0.2, 0.25) is 0 Å². The largest absolute Gasteiger partial charge is 0.394 e. The number of rotatable bonds is 2. The van der Waals surface area contributed by atoms with E-state index in [9.17, 15) is 0 Å². The highest BCUT2D eigenvalue weighted by atomic mass is 35.5. The van der Waals surface area contributed by atoms with Crippen molar-refractivity contribution in [2.24, 2.45) is 5.41 Å². The van der Waals surface area contributed by atoms with Crippen molar-refractivity contribution in [3.8, 4) is 0 Å². The average Bonchev–Trinajstić information content (AvgIpc) is 2.14. The van der Waals surface area contributed by atoms with Crippen molar-refractivity contribution in [1.82, 2.24) is 5.32 Å². The zero-order valence-corrected chi connectivity index (χ0v) is 10.5. The molecule has 1 N–H and O–H groups in total. The van der Waals surface area contributed by atoms with Crippen LogP contribution in [0.5, 0.6) is 0 Å². The van der Waals surface area contributed by atoms with Crippen LogP contribution in [-0.4, -0.2) is 7.05 Å². The van der Waals surface area contributed by atoms with Gasteiger partial charge in [0.05, 0.1) is 0 Å². The minimum atomic E-state index is 0.122. The summed E-state index contributed by atoms with van der Waals surface area (Å²) in [5, 5.41) is 3.87. The number of benzene rings is 1. The molecule has 1 aromatic carbocycles. The minimum absolute atomic E-state index is 0.122. The van der Waals surface area contributed by atoms with Gasteiger partial charge < -0.3 is 5.32 Å². The lowest BCUT2D eigenvalue weighted by atomic mass is 9.83. The second-order valence-electron chi connectivity index (χ2n) is 4.60. The van der Waals surface area contributed by atoms with E-state index in [1.165, 1.54) is 11.1 Å². The van der Waals surface area contributed by atoms with Gasteiger partial charge in [0, 0.05) is 18.3 Å². The lowest BCUT2D eigenvalue weighted by Gasteiger charge is -2.23. The molecule has 1 nitrogen and oxygen atoms in total. The fraction of sp³-hybridized carbons (Fsp3) is 0.385. The van der Waals surface area contributed by atoms with E-state index in [2.05, 4.69) is 38.2 Å². The maximum Gasteiger partial charge on any atom is 0.0406 e. The number of nitrogens with one attached hydrogen (secondary N) is 1. The Morgan fingerprint density at radius 3 is 2.13 bits per heavy atom. The summed E-state index contributed by atoms with van der Waals surface area (Å²) in [5.74, 6) is 0. The number of allylic oxidation sites excluding steroid dienone is 1. The van der Waals surface area contributed by atoms with E-state index in [0.717, 1.165) is 5.02 Å². The molecule has 0 unspecified atom stereocenters. The van der Waals surface area contributed by atoms with E-state index in [4.69, 9.17) is 11.6 Å². The quantitative estimate of drug-likeness (QED) is 0.801. The molecule has 1 rings (SSSR count). The molecule has 0 aromatic heterocycles. The molecule has 0 aliphatic rings. The van der Waals surface area contributed by atoms with Gasteiger partial charge in [0.1, 0.15) is 0 Å². The third kappa shape index (κ3) is 3.28. The van der Waals surface area contributed by atoms with E-state index < -0.39 is 0 Å². The van der Waals surface area contributed by atoms with Gasteiger partial charge in [-0.2, -0.15) is 0 Å². The first-order valence-electron chi connectivity index (χ1n) is 5.09. The van der Waals surface area contributed by atoms with Gasteiger partial charge in [-0.25, -0.2) is 0 Å². The van der Waals surface area contributed by atoms with Crippen LogP contribution in [0.15, 0.2) is 30.5 Å². The topological polar surface area (TPSA) is 12.0 Å². The lowest BCUT2D eigenvalue weighted by Crippen LogP contribution is -2.11. The fourth-order valence-corrected chi connectivity index (χ4v) is 1.63. The molecule has 0 aliphatic heterocycles.